The van der Waals surface area contributed by atoms with Gasteiger partial charge in [0.2, 0.25) is 0 Å². The number of carbonyl (C=O) groups excluding carboxylic acids is 1. The van der Waals surface area contributed by atoms with Crippen molar-refractivity contribution in [3.8, 4) is 0 Å². The lowest BCUT2D eigenvalue weighted by molar-refractivity contribution is -0.113. The Hall–Kier alpha value is -3.54. The van der Waals surface area contributed by atoms with Crippen molar-refractivity contribution in [1.82, 2.24) is 19.8 Å². The van der Waals surface area contributed by atoms with Crippen molar-refractivity contribution in [3.05, 3.63) is 72.7 Å². The van der Waals surface area contributed by atoms with Crippen LogP contribution in [0.15, 0.2) is 66.9 Å². The Bertz CT molecular complexity index is 1080. The first-order chi connectivity index (χ1) is 12.2. The van der Waals surface area contributed by atoms with E-state index in [1.54, 1.807) is 28.7 Å². The summed E-state index contributed by atoms with van der Waals surface area (Å²) >= 11 is 0. The quantitative estimate of drug-likeness (QED) is 0.542. The van der Waals surface area contributed by atoms with Crippen molar-refractivity contribution >= 4 is 34.1 Å². The zero-order valence-corrected chi connectivity index (χ0v) is 13.6. The van der Waals surface area contributed by atoms with E-state index in [2.05, 4.69) is 15.3 Å². The van der Waals surface area contributed by atoms with Crippen LogP contribution in [0.1, 0.15) is 5.82 Å². The monoisotopic (exact) mass is 329 g/mol. The topological polar surface area (TPSA) is 63.4 Å². The maximum absolute atomic E-state index is 12.3. The minimum atomic E-state index is -0.149. The van der Waals surface area contributed by atoms with Crippen LogP contribution >= 0.6 is 0 Å². The third-order valence-corrected chi connectivity index (χ3v) is 4.03. The van der Waals surface area contributed by atoms with Gasteiger partial charge in [-0.05, 0) is 18.2 Å². The van der Waals surface area contributed by atoms with Crippen LogP contribution in [0.25, 0.3) is 22.5 Å². The van der Waals surface area contributed by atoms with Crippen LogP contribution in [0, 0.1) is 0 Å². The van der Waals surface area contributed by atoms with E-state index in [1.165, 1.54) is 6.08 Å². The van der Waals surface area contributed by atoms with Crippen LogP contribution in [-0.4, -0.2) is 32.8 Å². The number of para-hydroxylation sites is 1. The highest BCUT2D eigenvalue weighted by atomic mass is 16.2. The van der Waals surface area contributed by atoms with Crippen molar-refractivity contribution in [2.75, 3.05) is 11.9 Å². The molecule has 0 saturated carbocycles. The van der Waals surface area contributed by atoms with Gasteiger partial charge >= 0.3 is 0 Å². The third-order valence-electron chi connectivity index (χ3n) is 4.03. The fourth-order valence-electron chi connectivity index (χ4n) is 2.65. The molecule has 0 fully saturated rings. The second kappa shape index (κ2) is 6.16. The molecule has 1 amide bonds. The van der Waals surface area contributed by atoms with E-state index in [0.29, 0.717) is 11.5 Å². The number of anilines is 1. The highest BCUT2D eigenvalue weighted by Gasteiger charge is 2.10. The first-order valence-corrected chi connectivity index (χ1v) is 7.84. The number of hydrogen-bond acceptors (Lipinski definition) is 4. The molecule has 6 nitrogen and oxygen atoms in total. The number of aromatic nitrogens is 4. The summed E-state index contributed by atoms with van der Waals surface area (Å²) in [5, 5.41) is 14.7. The molecule has 2 aromatic heterocycles. The van der Waals surface area contributed by atoms with Crippen LogP contribution < -0.4 is 4.90 Å². The minimum Gasteiger partial charge on any atom is -0.312 e. The van der Waals surface area contributed by atoms with Gasteiger partial charge in [-0.1, -0.05) is 42.5 Å². The molecule has 2 aromatic carbocycles. The summed E-state index contributed by atoms with van der Waals surface area (Å²) in [6.07, 6.45) is 4.87. The minimum absolute atomic E-state index is 0.149. The number of rotatable bonds is 3. The fourth-order valence-corrected chi connectivity index (χ4v) is 2.65. The van der Waals surface area contributed by atoms with Gasteiger partial charge in [0.25, 0.3) is 5.91 Å². The Kier molecular flexibility index (Phi) is 3.70. The van der Waals surface area contributed by atoms with Gasteiger partial charge in [-0.3, -0.25) is 4.79 Å². The summed E-state index contributed by atoms with van der Waals surface area (Å²) in [6.45, 7) is 0. The van der Waals surface area contributed by atoms with E-state index in [1.807, 2.05) is 54.6 Å². The Balaban J connectivity index is 1.65. The lowest BCUT2D eigenvalue weighted by Crippen LogP contribution is -2.23. The smallest absolute Gasteiger partial charge is 0.250 e. The number of benzene rings is 2. The van der Waals surface area contributed by atoms with Crippen LogP contribution in [0.3, 0.4) is 0 Å². The second-order valence-corrected chi connectivity index (χ2v) is 5.59. The van der Waals surface area contributed by atoms with Crippen molar-refractivity contribution < 1.29 is 4.79 Å². The molecular weight excluding hydrogens is 314 g/mol. The molecule has 25 heavy (non-hydrogen) atoms. The standard InChI is InChI=1S/C19H15N5O/c1-23(15-8-3-2-4-9-15)18(25)12-11-17-21-22-19-16-10-6-5-7-14(16)13-20-24(17)19/h2-13H,1H3/b12-11+. The molecule has 2 heterocycles. The highest BCUT2D eigenvalue weighted by Crippen LogP contribution is 2.18. The maximum Gasteiger partial charge on any atom is 0.250 e. The molecule has 0 aliphatic carbocycles. The molecule has 122 valence electrons. The predicted molar refractivity (Wildman–Crippen MR) is 97.2 cm³/mol. The summed E-state index contributed by atoms with van der Waals surface area (Å²) in [7, 11) is 1.73. The van der Waals surface area contributed by atoms with Gasteiger partial charge in [-0.2, -0.15) is 9.61 Å². The van der Waals surface area contributed by atoms with Crippen molar-refractivity contribution in [2.24, 2.45) is 0 Å². The molecule has 4 aromatic rings. The number of carbonyl (C=O) groups is 1. The normalized spacial score (nSPS) is 11.4. The average molecular weight is 329 g/mol. The molecule has 0 N–H and O–H groups in total. The predicted octanol–water partition coefficient (Wildman–Crippen LogP) is 2.95. The SMILES string of the molecule is CN(C(=O)/C=C/c1nnc2c3ccccc3cnn12)c1ccccc1. The number of hydrogen-bond donors (Lipinski definition) is 0. The van der Waals surface area contributed by atoms with Gasteiger partial charge in [-0.15, -0.1) is 10.2 Å². The van der Waals surface area contributed by atoms with E-state index >= 15 is 0 Å². The number of nitrogens with zero attached hydrogens (tertiary/aromatic N) is 5. The zero-order valence-electron chi connectivity index (χ0n) is 13.6. The maximum atomic E-state index is 12.3. The Labute approximate surface area is 144 Å². The zero-order chi connectivity index (χ0) is 17.2. The molecule has 0 aliphatic heterocycles. The van der Waals surface area contributed by atoms with Crippen molar-refractivity contribution in [3.63, 3.8) is 0 Å². The van der Waals surface area contributed by atoms with E-state index in [0.717, 1.165) is 16.5 Å². The van der Waals surface area contributed by atoms with Gasteiger partial charge in [-0.25, -0.2) is 0 Å². The van der Waals surface area contributed by atoms with Crippen LogP contribution in [-0.2, 0) is 4.79 Å². The van der Waals surface area contributed by atoms with Gasteiger partial charge in [0.05, 0.1) is 6.20 Å². The molecule has 0 atom stereocenters. The summed E-state index contributed by atoms with van der Waals surface area (Å²) in [5.74, 6) is 0.360. The number of likely N-dealkylation sites (N-methyl/N-ethyl adjacent to an activating group) is 1. The molecule has 0 radical (unpaired) electrons. The Morgan fingerprint density at radius 1 is 1.04 bits per heavy atom. The summed E-state index contributed by atoms with van der Waals surface area (Å²) in [6, 6.07) is 17.3. The molecule has 0 spiro atoms. The van der Waals surface area contributed by atoms with Crippen LogP contribution in [0.2, 0.25) is 0 Å². The molecule has 6 heteroatoms. The molecule has 0 saturated heterocycles. The van der Waals surface area contributed by atoms with Crippen molar-refractivity contribution in [2.45, 2.75) is 0 Å². The highest BCUT2D eigenvalue weighted by molar-refractivity contribution is 6.03. The largest absolute Gasteiger partial charge is 0.312 e. The lowest BCUT2D eigenvalue weighted by atomic mass is 10.2. The summed E-state index contributed by atoms with van der Waals surface area (Å²) in [5.41, 5.74) is 1.49. The Morgan fingerprint density at radius 2 is 1.80 bits per heavy atom. The van der Waals surface area contributed by atoms with E-state index in [9.17, 15) is 4.79 Å². The lowest BCUT2D eigenvalue weighted by Gasteiger charge is -2.14. The second-order valence-electron chi connectivity index (χ2n) is 5.59. The van der Waals surface area contributed by atoms with E-state index in [-0.39, 0.29) is 5.91 Å². The van der Waals surface area contributed by atoms with Crippen LogP contribution in [0.4, 0.5) is 5.69 Å². The number of fused-ring (bicyclic) bond motifs is 3. The van der Waals surface area contributed by atoms with Gasteiger partial charge in [0.1, 0.15) is 0 Å². The van der Waals surface area contributed by atoms with Gasteiger partial charge in [0.15, 0.2) is 11.5 Å². The molecule has 0 bridgehead atoms. The average Bonchev–Trinajstić information content (AvgIpc) is 3.09. The van der Waals surface area contributed by atoms with Crippen LogP contribution in [0.5, 0.6) is 0 Å². The van der Waals surface area contributed by atoms with E-state index in [4.69, 9.17) is 0 Å². The fraction of sp³-hybridized carbons (Fsp3) is 0.0526. The van der Waals surface area contributed by atoms with Crippen molar-refractivity contribution in [1.29, 1.82) is 0 Å². The molecule has 0 unspecified atom stereocenters. The Morgan fingerprint density at radius 3 is 2.64 bits per heavy atom. The summed E-state index contributed by atoms with van der Waals surface area (Å²) in [4.78, 5) is 13.9. The van der Waals surface area contributed by atoms with Gasteiger partial charge < -0.3 is 4.90 Å². The van der Waals surface area contributed by atoms with E-state index < -0.39 is 0 Å². The molecule has 0 aliphatic rings. The molecule has 4 rings (SSSR count). The molecular formula is C19H15N5O. The summed E-state index contributed by atoms with van der Waals surface area (Å²) < 4.78 is 1.63. The third kappa shape index (κ3) is 2.74. The first-order valence-electron chi connectivity index (χ1n) is 7.84. The van der Waals surface area contributed by atoms with Gasteiger partial charge in [0, 0.05) is 29.6 Å². The number of amides is 1. The first kappa shape index (κ1) is 15.0.